The lowest BCUT2D eigenvalue weighted by Gasteiger charge is -2.28. The molecule has 1 unspecified atom stereocenters. The molecule has 0 bridgehead atoms. The predicted octanol–water partition coefficient (Wildman–Crippen LogP) is 3.48. The summed E-state index contributed by atoms with van der Waals surface area (Å²) in [6, 6.07) is 17.2. The van der Waals surface area contributed by atoms with E-state index in [1.54, 1.807) is 19.1 Å². The molecule has 5 nitrogen and oxygen atoms in total. The Hall–Kier alpha value is -2.82. The lowest BCUT2D eigenvalue weighted by molar-refractivity contribution is -0.133. The number of hydrogen-bond donors (Lipinski definition) is 0. The molecular weight excluding hydrogens is 328 g/mol. The van der Waals surface area contributed by atoms with Crippen LogP contribution in [-0.2, 0) is 17.8 Å². The highest BCUT2D eigenvalue weighted by molar-refractivity contribution is 6.06. The van der Waals surface area contributed by atoms with E-state index in [1.807, 2.05) is 61.5 Å². The van der Waals surface area contributed by atoms with Gasteiger partial charge >= 0.3 is 6.03 Å². The average molecular weight is 352 g/mol. The van der Waals surface area contributed by atoms with E-state index in [0.717, 1.165) is 23.3 Å². The van der Waals surface area contributed by atoms with Crippen molar-refractivity contribution < 1.29 is 14.3 Å². The molecule has 3 rings (SSSR count). The molecule has 0 radical (unpaired) electrons. The number of nitrogens with zero attached hydrogens (tertiary/aromatic N) is 2. The van der Waals surface area contributed by atoms with Gasteiger partial charge in [-0.2, -0.15) is 0 Å². The fraction of sp³-hybridized carbons (Fsp3) is 0.333. The van der Waals surface area contributed by atoms with Crippen molar-refractivity contribution in [2.24, 2.45) is 0 Å². The third kappa shape index (κ3) is 3.29. The number of rotatable bonds is 6. The molecule has 1 saturated heterocycles. The monoisotopic (exact) mass is 352 g/mol. The number of carbonyl (C=O) groups is 2. The zero-order valence-electron chi connectivity index (χ0n) is 15.4. The van der Waals surface area contributed by atoms with Gasteiger partial charge in [-0.15, -0.1) is 0 Å². The van der Waals surface area contributed by atoms with Crippen LogP contribution in [-0.4, -0.2) is 41.4 Å². The molecular formula is C21H24N2O3. The molecule has 2 aromatic rings. The van der Waals surface area contributed by atoms with Gasteiger partial charge in [-0.05, 0) is 43.0 Å². The Bertz CT molecular complexity index is 789. The second kappa shape index (κ2) is 7.20. The molecule has 136 valence electrons. The summed E-state index contributed by atoms with van der Waals surface area (Å²) in [5.41, 5.74) is 1.24. The number of benzene rings is 2. The Kier molecular flexibility index (Phi) is 4.98. The Balaban J connectivity index is 1.74. The highest BCUT2D eigenvalue weighted by Crippen LogP contribution is 2.32. The topological polar surface area (TPSA) is 49.9 Å². The van der Waals surface area contributed by atoms with Crippen LogP contribution in [0.25, 0.3) is 0 Å². The largest absolute Gasteiger partial charge is 0.497 e. The number of methoxy groups -OCH3 is 1. The van der Waals surface area contributed by atoms with Gasteiger partial charge in [-0.1, -0.05) is 42.5 Å². The molecule has 0 N–H and O–H groups in total. The Labute approximate surface area is 154 Å². The molecule has 3 amide bonds. The van der Waals surface area contributed by atoms with Crippen LogP contribution in [0.3, 0.4) is 0 Å². The molecule has 5 heteroatoms. The van der Waals surface area contributed by atoms with Crippen molar-refractivity contribution in [1.29, 1.82) is 0 Å². The van der Waals surface area contributed by atoms with Crippen molar-refractivity contribution >= 4 is 11.9 Å². The van der Waals surface area contributed by atoms with Gasteiger partial charge in [-0.3, -0.25) is 9.69 Å². The summed E-state index contributed by atoms with van der Waals surface area (Å²) in [5.74, 6) is 0.606. The fourth-order valence-electron chi connectivity index (χ4n) is 3.27. The van der Waals surface area contributed by atoms with Crippen LogP contribution in [0.4, 0.5) is 4.79 Å². The molecule has 1 aliphatic heterocycles. The van der Waals surface area contributed by atoms with Crippen molar-refractivity contribution in [2.75, 3.05) is 14.2 Å². The van der Waals surface area contributed by atoms with Crippen molar-refractivity contribution in [3.05, 3.63) is 65.7 Å². The molecule has 0 aromatic heterocycles. The minimum atomic E-state index is -0.820. The number of urea groups is 1. The van der Waals surface area contributed by atoms with E-state index in [2.05, 4.69) is 0 Å². The Morgan fingerprint density at radius 2 is 1.62 bits per heavy atom. The number of aryl methyl sites for hydroxylation is 1. The van der Waals surface area contributed by atoms with Crippen LogP contribution >= 0.6 is 0 Å². The van der Waals surface area contributed by atoms with Gasteiger partial charge in [0.05, 0.1) is 13.7 Å². The van der Waals surface area contributed by atoms with Gasteiger partial charge in [0.15, 0.2) is 0 Å². The minimum Gasteiger partial charge on any atom is -0.497 e. The van der Waals surface area contributed by atoms with Gasteiger partial charge < -0.3 is 9.64 Å². The zero-order valence-corrected chi connectivity index (χ0v) is 15.4. The second-order valence-corrected chi connectivity index (χ2v) is 6.84. The molecule has 1 atom stereocenters. The average Bonchev–Trinajstić information content (AvgIpc) is 2.84. The van der Waals surface area contributed by atoms with Crippen LogP contribution in [0, 0.1) is 0 Å². The fourth-order valence-corrected chi connectivity index (χ4v) is 3.27. The quantitative estimate of drug-likeness (QED) is 0.748. The summed E-state index contributed by atoms with van der Waals surface area (Å²) in [7, 11) is 3.31. The van der Waals surface area contributed by atoms with Gasteiger partial charge in [-0.25, -0.2) is 4.79 Å². The standard InChI is InChI=1S/C21H24N2O3/c1-21(14-13-16-7-5-4-6-8-16)19(24)23(20(25)22(21)2)15-17-9-11-18(26-3)12-10-17/h4-12H,13-15H2,1-3H3. The lowest BCUT2D eigenvalue weighted by Crippen LogP contribution is -2.45. The molecule has 1 heterocycles. The van der Waals surface area contributed by atoms with E-state index in [4.69, 9.17) is 4.74 Å². The molecule has 1 aliphatic rings. The minimum absolute atomic E-state index is 0.142. The van der Waals surface area contributed by atoms with Crippen LogP contribution in [0.15, 0.2) is 54.6 Å². The van der Waals surface area contributed by atoms with Crippen molar-refractivity contribution in [3.63, 3.8) is 0 Å². The van der Waals surface area contributed by atoms with E-state index >= 15 is 0 Å². The molecule has 2 aromatic carbocycles. The van der Waals surface area contributed by atoms with E-state index in [9.17, 15) is 9.59 Å². The first-order chi connectivity index (χ1) is 12.5. The second-order valence-electron chi connectivity index (χ2n) is 6.84. The maximum atomic E-state index is 13.0. The van der Waals surface area contributed by atoms with Crippen molar-refractivity contribution in [1.82, 2.24) is 9.80 Å². The molecule has 0 aliphatic carbocycles. The molecule has 26 heavy (non-hydrogen) atoms. The normalized spacial score (nSPS) is 20.0. The number of carbonyl (C=O) groups excluding carboxylic acids is 2. The summed E-state index contributed by atoms with van der Waals surface area (Å²) in [4.78, 5) is 28.6. The van der Waals surface area contributed by atoms with Gasteiger partial charge in [0.25, 0.3) is 5.91 Å². The summed E-state index contributed by atoms with van der Waals surface area (Å²) in [6.45, 7) is 2.12. The highest BCUT2D eigenvalue weighted by atomic mass is 16.5. The van der Waals surface area contributed by atoms with E-state index in [-0.39, 0.29) is 18.5 Å². The van der Waals surface area contributed by atoms with Crippen molar-refractivity contribution in [3.8, 4) is 5.75 Å². The number of amides is 3. The number of likely N-dealkylation sites (N-methyl/N-ethyl adjacent to an activating group) is 1. The summed E-state index contributed by atoms with van der Waals surface area (Å²) < 4.78 is 5.15. The maximum absolute atomic E-state index is 13.0. The van der Waals surface area contributed by atoms with Crippen molar-refractivity contribution in [2.45, 2.75) is 31.8 Å². The molecule has 1 fully saturated rings. The maximum Gasteiger partial charge on any atom is 0.327 e. The first kappa shape index (κ1) is 18.0. The van der Waals surface area contributed by atoms with Gasteiger partial charge in [0.1, 0.15) is 11.3 Å². The summed E-state index contributed by atoms with van der Waals surface area (Å²) >= 11 is 0. The predicted molar refractivity (Wildman–Crippen MR) is 99.9 cm³/mol. The first-order valence-corrected chi connectivity index (χ1v) is 8.72. The van der Waals surface area contributed by atoms with Gasteiger partial charge in [0.2, 0.25) is 0 Å². The highest BCUT2D eigenvalue weighted by Gasteiger charge is 2.51. The SMILES string of the molecule is COc1ccc(CN2C(=O)N(C)C(C)(CCc3ccccc3)C2=O)cc1. The number of imide groups is 1. The molecule has 0 saturated carbocycles. The third-order valence-electron chi connectivity index (χ3n) is 5.21. The van der Waals surface area contributed by atoms with E-state index < -0.39 is 5.54 Å². The Morgan fingerprint density at radius 1 is 0.962 bits per heavy atom. The summed E-state index contributed by atoms with van der Waals surface area (Å²) in [6.07, 6.45) is 1.34. The summed E-state index contributed by atoms with van der Waals surface area (Å²) in [5, 5.41) is 0. The lowest BCUT2D eigenvalue weighted by atomic mass is 9.92. The smallest absolute Gasteiger partial charge is 0.327 e. The van der Waals surface area contributed by atoms with Gasteiger partial charge in [0, 0.05) is 7.05 Å². The first-order valence-electron chi connectivity index (χ1n) is 8.72. The zero-order chi connectivity index (χ0) is 18.7. The molecule has 0 spiro atoms. The van der Waals surface area contributed by atoms with E-state index in [0.29, 0.717) is 6.42 Å². The third-order valence-corrected chi connectivity index (χ3v) is 5.21. The number of hydrogen-bond acceptors (Lipinski definition) is 3. The van der Waals surface area contributed by atoms with Crippen LogP contribution < -0.4 is 4.74 Å². The Morgan fingerprint density at radius 3 is 2.23 bits per heavy atom. The number of ether oxygens (including phenoxy) is 1. The van der Waals surface area contributed by atoms with Crippen LogP contribution in [0.5, 0.6) is 5.75 Å². The van der Waals surface area contributed by atoms with E-state index in [1.165, 1.54) is 4.90 Å². The van der Waals surface area contributed by atoms with Crippen LogP contribution in [0.2, 0.25) is 0 Å². The van der Waals surface area contributed by atoms with Crippen LogP contribution in [0.1, 0.15) is 24.5 Å².